The van der Waals surface area contributed by atoms with Crippen LogP contribution in [0.4, 0.5) is 0 Å². The summed E-state index contributed by atoms with van der Waals surface area (Å²) in [6, 6.07) is 0. The molecule has 0 radical (unpaired) electrons. The zero-order valence-electron chi connectivity index (χ0n) is 7.30. The number of fused-ring (bicyclic) bond motifs is 1. The van der Waals surface area contributed by atoms with Crippen LogP contribution < -0.4 is 0 Å². The maximum absolute atomic E-state index is 9.53. The maximum Gasteiger partial charge on any atom is 0.183 e. The van der Waals surface area contributed by atoms with Gasteiger partial charge in [-0.15, -0.1) is 6.58 Å². The van der Waals surface area contributed by atoms with E-state index >= 15 is 0 Å². The zero-order valence-corrected chi connectivity index (χ0v) is 7.30. The standard InChI is InChI=1S/C9H14O4/c1-2-6-3-5-4-12-9(11)7(10)8(5)13-6/h2,5-11H,1,3-4H2. The first-order valence-electron chi connectivity index (χ1n) is 4.48. The van der Waals surface area contributed by atoms with Crippen molar-refractivity contribution in [2.24, 2.45) is 5.92 Å². The average Bonchev–Trinajstić information content (AvgIpc) is 2.55. The SMILES string of the molecule is C=CC1CC2COC(O)C(O)C2O1. The maximum atomic E-state index is 9.53. The van der Waals surface area contributed by atoms with E-state index in [1.165, 1.54) is 0 Å². The molecule has 0 bridgehead atoms. The normalized spacial score (nSPS) is 50.2. The smallest absolute Gasteiger partial charge is 0.183 e. The minimum Gasteiger partial charge on any atom is -0.385 e. The highest BCUT2D eigenvalue weighted by molar-refractivity contribution is 4.96. The largest absolute Gasteiger partial charge is 0.385 e. The Morgan fingerprint density at radius 3 is 2.85 bits per heavy atom. The summed E-state index contributed by atoms with van der Waals surface area (Å²) in [5.74, 6) is 0.182. The second kappa shape index (κ2) is 3.38. The third-order valence-electron chi connectivity index (χ3n) is 2.70. The molecule has 0 aromatic heterocycles. The molecular weight excluding hydrogens is 172 g/mol. The van der Waals surface area contributed by atoms with Crippen LogP contribution in [0, 0.1) is 5.92 Å². The minimum atomic E-state index is -1.11. The fourth-order valence-electron chi connectivity index (χ4n) is 1.96. The molecule has 2 saturated heterocycles. The highest BCUT2D eigenvalue weighted by Crippen LogP contribution is 2.33. The van der Waals surface area contributed by atoms with Crippen molar-refractivity contribution < 1.29 is 19.7 Å². The quantitative estimate of drug-likeness (QED) is 0.550. The summed E-state index contributed by atoms with van der Waals surface area (Å²) in [5, 5.41) is 18.7. The van der Waals surface area contributed by atoms with Gasteiger partial charge in [0.15, 0.2) is 6.29 Å². The van der Waals surface area contributed by atoms with E-state index in [9.17, 15) is 10.2 Å². The molecule has 13 heavy (non-hydrogen) atoms. The van der Waals surface area contributed by atoms with E-state index in [0.29, 0.717) is 6.61 Å². The van der Waals surface area contributed by atoms with E-state index in [1.807, 2.05) is 0 Å². The predicted octanol–water partition coefficient (Wildman–Crippen LogP) is -0.344. The number of ether oxygens (including phenoxy) is 2. The number of hydrogen-bond donors (Lipinski definition) is 2. The molecule has 2 heterocycles. The Morgan fingerprint density at radius 2 is 2.15 bits per heavy atom. The topological polar surface area (TPSA) is 58.9 Å². The Balaban J connectivity index is 2.06. The molecule has 2 aliphatic heterocycles. The van der Waals surface area contributed by atoms with Crippen LogP contribution in [-0.4, -0.2) is 41.4 Å². The van der Waals surface area contributed by atoms with Crippen LogP contribution in [-0.2, 0) is 9.47 Å². The van der Waals surface area contributed by atoms with Gasteiger partial charge in [0, 0.05) is 5.92 Å². The highest BCUT2D eigenvalue weighted by Gasteiger charge is 2.45. The summed E-state index contributed by atoms with van der Waals surface area (Å²) in [6.45, 7) is 4.09. The number of rotatable bonds is 1. The zero-order chi connectivity index (χ0) is 9.42. The van der Waals surface area contributed by atoms with Crippen LogP contribution >= 0.6 is 0 Å². The Kier molecular flexibility index (Phi) is 2.38. The molecule has 4 nitrogen and oxygen atoms in total. The van der Waals surface area contributed by atoms with E-state index in [0.717, 1.165) is 6.42 Å². The lowest BCUT2D eigenvalue weighted by atomic mass is 9.94. The molecule has 5 unspecified atom stereocenters. The van der Waals surface area contributed by atoms with E-state index in [4.69, 9.17) is 9.47 Å². The first-order chi connectivity index (χ1) is 6.22. The van der Waals surface area contributed by atoms with E-state index < -0.39 is 12.4 Å². The second-order valence-corrected chi connectivity index (χ2v) is 3.59. The summed E-state index contributed by atoms with van der Waals surface area (Å²) in [6.07, 6.45) is 0.189. The van der Waals surface area contributed by atoms with Crippen molar-refractivity contribution in [3.63, 3.8) is 0 Å². The van der Waals surface area contributed by atoms with Gasteiger partial charge in [0.05, 0.1) is 18.8 Å². The summed E-state index contributed by atoms with van der Waals surface area (Å²) in [7, 11) is 0. The highest BCUT2D eigenvalue weighted by atomic mass is 16.6. The van der Waals surface area contributed by atoms with Gasteiger partial charge in [-0.05, 0) is 6.42 Å². The first-order valence-corrected chi connectivity index (χ1v) is 4.48. The Morgan fingerprint density at radius 1 is 1.38 bits per heavy atom. The van der Waals surface area contributed by atoms with Crippen molar-refractivity contribution in [3.05, 3.63) is 12.7 Å². The first kappa shape index (κ1) is 9.15. The van der Waals surface area contributed by atoms with E-state index in [2.05, 4.69) is 6.58 Å². The molecule has 0 amide bonds. The third-order valence-corrected chi connectivity index (χ3v) is 2.70. The minimum absolute atomic E-state index is 0.0152. The van der Waals surface area contributed by atoms with Crippen LogP contribution in [0.25, 0.3) is 0 Å². The van der Waals surface area contributed by atoms with Crippen molar-refractivity contribution in [2.45, 2.75) is 31.0 Å². The van der Waals surface area contributed by atoms with Crippen molar-refractivity contribution in [3.8, 4) is 0 Å². The molecule has 2 rings (SSSR count). The summed E-state index contributed by atoms with van der Waals surface area (Å²) >= 11 is 0. The molecule has 5 atom stereocenters. The van der Waals surface area contributed by atoms with Gasteiger partial charge in [0.2, 0.25) is 0 Å². The lowest BCUT2D eigenvalue weighted by Crippen LogP contribution is -2.48. The number of aliphatic hydroxyl groups excluding tert-OH is 2. The molecule has 2 fully saturated rings. The van der Waals surface area contributed by atoms with Gasteiger partial charge in [-0.1, -0.05) is 6.08 Å². The number of hydrogen-bond acceptors (Lipinski definition) is 4. The van der Waals surface area contributed by atoms with Crippen molar-refractivity contribution in [1.82, 2.24) is 0 Å². The number of aliphatic hydroxyl groups is 2. The van der Waals surface area contributed by atoms with Gasteiger partial charge in [0.25, 0.3) is 0 Å². The third kappa shape index (κ3) is 1.50. The molecule has 4 heteroatoms. The lowest BCUT2D eigenvalue weighted by Gasteiger charge is -2.32. The van der Waals surface area contributed by atoms with Gasteiger partial charge in [-0.2, -0.15) is 0 Å². The Labute approximate surface area is 76.8 Å². The molecular formula is C9H14O4. The Hall–Kier alpha value is -0.420. The van der Waals surface area contributed by atoms with Crippen LogP contribution in [0.1, 0.15) is 6.42 Å². The second-order valence-electron chi connectivity index (χ2n) is 3.59. The van der Waals surface area contributed by atoms with E-state index in [1.54, 1.807) is 6.08 Å². The molecule has 0 aliphatic carbocycles. The van der Waals surface area contributed by atoms with Crippen molar-refractivity contribution in [2.75, 3.05) is 6.61 Å². The molecule has 0 spiro atoms. The van der Waals surface area contributed by atoms with Crippen LogP contribution in [0.3, 0.4) is 0 Å². The summed E-state index contributed by atoms with van der Waals surface area (Å²) in [4.78, 5) is 0. The van der Waals surface area contributed by atoms with Crippen LogP contribution in [0.5, 0.6) is 0 Å². The predicted molar refractivity (Wildman–Crippen MR) is 44.9 cm³/mol. The lowest BCUT2D eigenvalue weighted by molar-refractivity contribution is -0.233. The summed E-state index contributed by atoms with van der Waals surface area (Å²) < 4.78 is 10.5. The molecule has 2 aliphatic rings. The fraction of sp³-hybridized carbons (Fsp3) is 0.778. The summed E-state index contributed by atoms with van der Waals surface area (Å²) in [5.41, 5.74) is 0. The molecule has 0 aromatic carbocycles. The van der Waals surface area contributed by atoms with Gasteiger partial charge in [-0.25, -0.2) is 0 Å². The van der Waals surface area contributed by atoms with Crippen LogP contribution in [0.15, 0.2) is 12.7 Å². The van der Waals surface area contributed by atoms with Crippen LogP contribution in [0.2, 0.25) is 0 Å². The fourth-order valence-corrected chi connectivity index (χ4v) is 1.96. The van der Waals surface area contributed by atoms with Crippen molar-refractivity contribution in [1.29, 1.82) is 0 Å². The van der Waals surface area contributed by atoms with Gasteiger partial charge < -0.3 is 19.7 Å². The van der Waals surface area contributed by atoms with E-state index in [-0.39, 0.29) is 18.1 Å². The molecule has 2 N–H and O–H groups in total. The Bertz CT molecular complexity index is 206. The average molecular weight is 186 g/mol. The van der Waals surface area contributed by atoms with Gasteiger partial charge >= 0.3 is 0 Å². The van der Waals surface area contributed by atoms with Crippen molar-refractivity contribution >= 4 is 0 Å². The molecule has 0 saturated carbocycles. The molecule has 74 valence electrons. The molecule has 0 aromatic rings. The monoisotopic (exact) mass is 186 g/mol. The van der Waals surface area contributed by atoms with Gasteiger partial charge in [0.1, 0.15) is 6.10 Å². The van der Waals surface area contributed by atoms with Gasteiger partial charge in [-0.3, -0.25) is 0 Å².